The number of ether oxygens (including phenoxy) is 1. The van der Waals surface area contributed by atoms with Crippen molar-refractivity contribution in [1.29, 1.82) is 5.26 Å². The molecule has 1 aliphatic heterocycles. The maximum absolute atomic E-state index is 12.4. The summed E-state index contributed by atoms with van der Waals surface area (Å²) in [5.74, 6) is 1.23. The van der Waals surface area contributed by atoms with Gasteiger partial charge in [-0.3, -0.25) is 14.9 Å². The van der Waals surface area contributed by atoms with Crippen LogP contribution in [0.2, 0.25) is 0 Å². The van der Waals surface area contributed by atoms with Crippen LogP contribution in [0.1, 0.15) is 48.8 Å². The molecule has 4 unspecified atom stereocenters. The van der Waals surface area contributed by atoms with Crippen molar-refractivity contribution in [2.24, 2.45) is 24.6 Å². The van der Waals surface area contributed by atoms with Crippen LogP contribution in [0.3, 0.4) is 0 Å². The lowest BCUT2D eigenvalue weighted by molar-refractivity contribution is -0.133. The van der Waals surface area contributed by atoms with Gasteiger partial charge >= 0.3 is 0 Å². The lowest BCUT2D eigenvalue weighted by Crippen LogP contribution is -2.62. The second-order valence-corrected chi connectivity index (χ2v) is 8.46. The number of rotatable bonds is 5. The highest BCUT2D eigenvalue weighted by atomic mass is 16.5. The number of aryl methyl sites for hydroxylation is 1. The standard InChI is InChI=1S/C23H30N6O2/c1-4-14-18(10-24)15(7-8-21(14)31-3)22-19(12-26-29(22)2)13-5-6-16-17(9-13)20(11-25)27-28-23(16)30/h7-8,12-13,16-17,20,27H,4-6,9,11,25H2,1-3H3,(H,28,30). The molecular weight excluding hydrogens is 392 g/mol. The summed E-state index contributed by atoms with van der Waals surface area (Å²) in [6.07, 6.45) is 5.22. The number of nitrogens with one attached hydrogen (secondary N) is 2. The molecule has 1 aromatic carbocycles. The lowest BCUT2D eigenvalue weighted by Gasteiger charge is -2.43. The SMILES string of the molecule is CCc1c(OC)ccc(-c2c(C3CCC4C(=O)NNC(CN)C4C3)cnn2C)c1C#N. The Labute approximate surface area is 182 Å². The average molecular weight is 423 g/mol. The molecule has 1 saturated heterocycles. The molecular formula is C23H30N6O2. The fourth-order valence-electron chi connectivity index (χ4n) is 5.43. The molecule has 2 aromatic rings. The molecule has 1 saturated carbocycles. The van der Waals surface area contributed by atoms with Crippen molar-refractivity contribution < 1.29 is 9.53 Å². The van der Waals surface area contributed by atoms with Crippen LogP contribution in [0.25, 0.3) is 11.3 Å². The zero-order chi connectivity index (χ0) is 22.1. The Morgan fingerprint density at radius 2 is 2.19 bits per heavy atom. The van der Waals surface area contributed by atoms with E-state index in [1.54, 1.807) is 7.11 Å². The number of benzene rings is 1. The summed E-state index contributed by atoms with van der Waals surface area (Å²) in [4.78, 5) is 12.4. The van der Waals surface area contributed by atoms with Crippen LogP contribution < -0.4 is 21.3 Å². The molecule has 2 aliphatic rings. The molecule has 164 valence electrons. The highest BCUT2D eigenvalue weighted by Gasteiger charge is 2.43. The van der Waals surface area contributed by atoms with Gasteiger partial charge in [0.2, 0.25) is 5.91 Å². The van der Waals surface area contributed by atoms with Crippen molar-refractivity contribution in [3.63, 3.8) is 0 Å². The van der Waals surface area contributed by atoms with E-state index >= 15 is 0 Å². The molecule has 0 bridgehead atoms. The quantitative estimate of drug-likeness (QED) is 0.678. The molecule has 8 heteroatoms. The fourth-order valence-corrected chi connectivity index (χ4v) is 5.43. The summed E-state index contributed by atoms with van der Waals surface area (Å²) in [7, 11) is 3.55. The van der Waals surface area contributed by atoms with Gasteiger partial charge in [-0.05, 0) is 49.7 Å². The maximum Gasteiger partial charge on any atom is 0.237 e. The molecule has 31 heavy (non-hydrogen) atoms. The number of carbonyl (C=O) groups is 1. The number of methoxy groups -OCH3 is 1. The van der Waals surface area contributed by atoms with E-state index < -0.39 is 0 Å². The van der Waals surface area contributed by atoms with E-state index in [1.807, 2.05) is 37.0 Å². The Balaban J connectivity index is 1.75. The third-order valence-electron chi connectivity index (χ3n) is 7.01. The first-order valence-electron chi connectivity index (χ1n) is 10.9. The van der Waals surface area contributed by atoms with Crippen molar-refractivity contribution in [2.45, 2.75) is 44.6 Å². The van der Waals surface area contributed by atoms with Gasteiger partial charge in [0, 0.05) is 42.2 Å². The fraction of sp³-hybridized carbons (Fsp3) is 0.522. The minimum absolute atomic E-state index is 0.00600. The van der Waals surface area contributed by atoms with E-state index in [-0.39, 0.29) is 29.7 Å². The molecule has 8 nitrogen and oxygen atoms in total. The van der Waals surface area contributed by atoms with E-state index in [9.17, 15) is 10.1 Å². The van der Waals surface area contributed by atoms with Crippen LogP contribution in [0, 0.1) is 23.2 Å². The molecule has 1 amide bonds. The van der Waals surface area contributed by atoms with Crippen LogP contribution in [0.15, 0.2) is 18.3 Å². The number of carbonyl (C=O) groups excluding carboxylic acids is 1. The van der Waals surface area contributed by atoms with E-state index in [0.29, 0.717) is 18.5 Å². The van der Waals surface area contributed by atoms with Crippen LogP contribution in [0.4, 0.5) is 0 Å². The van der Waals surface area contributed by atoms with Crippen LogP contribution in [-0.2, 0) is 18.3 Å². The summed E-state index contributed by atoms with van der Waals surface area (Å²) >= 11 is 0. The van der Waals surface area contributed by atoms with E-state index in [4.69, 9.17) is 10.5 Å². The number of hydrogen-bond acceptors (Lipinski definition) is 6. The predicted molar refractivity (Wildman–Crippen MR) is 117 cm³/mol. The average Bonchev–Trinajstić information content (AvgIpc) is 3.19. The van der Waals surface area contributed by atoms with Crippen LogP contribution in [0.5, 0.6) is 5.75 Å². The summed E-state index contributed by atoms with van der Waals surface area (Å²) in [5.41, 5.74) is 16.4. The van der Waals surface area contributed by atoms with Crippen LogP contribution in [-0.4, -0.2) is 35.4 Å². The highest BCUT2D eigenvalue weighted by molar-refractivity contribution is 5.80. The summed E-state index contributed by atoms with van der Waals surface area (Å²) in [6.45, 7) is 2.51. The van der Waals surface area contributed by atoms with E-state index in [1.165, 1.54) is 0 Å². The Morgan fingerprint density at radius 1 is 1.39 bits per heavy atom. The van der Waals surface area contributed by atoms with Crippen LogP contribution >= 0.6 is 0 Å². The van der Waals surface area contributed by atoms with Gasteiger partial charge in [-0.1, -0.05) is 6.92 Å². The minimum atomic E-state index is -0.00600. The lowest BCUT2D eigenvalue weighted by atomic mass is 9.68. The first-order chi connectivity index (χ1) is 15.0. The Kier molecular flexibility index (Phi) is 5.99. The van der Waals surface area contributed by atoms with Gasteiger partial charge in [0.1, 0.15) is 11.8 Å². The zero-order valence-corrected chi connectivity index (χ0v) is 18.3. The van der Waals surface area contributed by atoms with Gasteiger partial charge in [-0.2, -0.15) is 10.4 Å². The summed E-state index contributed by atoms with van der Waals surface area (Å²) in [5, 5.41) is 14.5. The zero-order valence-electron chi connectivity index (χ0n) is 18.3. The molecule has 4 atom stereocenters. The second kappa shape index (κ2) is 8.69. The normalized spacial score (nSPS) is 25.5. The number of nitrogens with zero attached hydrogens (tertiary/aromatic N) is 3. The third kappa shape index (κ3) is 3.58. The van der Waals surface area contributed by atoms with Crippen molar-refractivity contribution in [3.8, 4) is 23.1 Å². The molecule has 0 radical (unpaired) electrons. The highest BCUT2D eigenvalue weighted by Crippen LogP contribution is 2.45. The van der Waals surface area contributed by atoms with Gasteiger partial charge in [0.15, 0.2) is 0 Å². The maximum atomic E-state index is 12.4. The van der Waals surface area contributed by atoms with E-state index in [0.717, 1.165) is 47.4 Å². The van der Waals surface area contributed by atoms with Gasteiger partial charge in [0.25, 0.3) is 0 Å². The Hall–Kier alpha value is -2.89. The Morgan fingerprint density at radius 3 is 2.87 bits per heavy atom. The second-order valence-electron chi connectivity index (χ2n) is 8.46. The topological polar surface area (TPSA) is 118 Å². The molecule has 1 aliphatic carbocycles. The van der Waals surface area contributed by atoms with Crippen molar-refractivity contribution in [3.05, 3.63) is 35.0 Å². The number of nitrogens with two attached hydrogens (primary N) is 1. The minimum Gasteiger partial charge on any atom is -0.496 e. The smallest absolute Gasteiger partial charge is 0.237 e. The number of aromatic nitrogens is 2. The summed E-state index contributed by atoms with van der Waals surface area (Å²) < 4.78 is 7.35. The van der Waals surface area contributed by atoms with Gasteiger partial charge in [-0.25, -0.2) is 5.43 Å². The molecule has 4 rings (SSSR count). The molecule has 0 spiro atoms. The van der Waals surface area contributed by atoms with Crippen molar-refractivity contribution in [1.82, 2.24) is 20.6 Å². The summed E-state index contributed by atoms with van der Waals surface area (Å²) in [6, 6.07) is 6.36. The first-order valence-corrected chi connectivity index (χ1v) is 10.9. The molecule has 2 fully saturated rings. The van der Waals surface area contributed by atoms with Gasteiger partial charge in [0.05, 0.1) is 24.6 Å². The number of hydrazine groups is 1. The number of amides is 1. The van der Waals surface area contributed by atoms with E-state index in [2.05, 4.69) is 22.0 Å². The van der Waals surface area contributed by atoms with Crippen molar-refractivity contribution in [2.75, 3.05) is 13.7 Å². The predicted octanol–water partition coefficient (Wildman–Crippen LogP) is 1.99. The number of fused-ring (bicyclic) bond motifs is 1. The number of hydrogen-bond donors (Lipinski definition) is 3. The monoisotopic (exact) mass is 422 g/mol. The Bertz CT molecular complexity index is 1020. The molecule has 2 heterocycles. The molecule has 1 aromatic heterocycles. The largest absolute Gasteiger partial charge is 0.496 e. The van der Waals surface area contributed by atoms with Gasteiger partial charge < -0.3 is 10.5 Å². The van der Waals surface area contributed by atoms with Gasteiger partial charge in [-0.15, -0.1) is 0 Å². The van der Waals surface area contributed by atoms with Crippen molar-refractivity contribution >= 4 is 5.91 Å². The number of nitriles is 1. The third-order valence-corrected chi connectivity index (χ3v) is 7.01. The first kappa shape index (κ1) is 21.3. The molecule has 4 N–H and O–H groups in total.